The van der Waals surface area contributed by atoms with Crippen LogP contribution in [0, 0.1) is 5.92 Å². The Balaban J connectivity index is 1.43. The maximum absolute atomic E-state index is 13.1. The van der Waals surface area contributed by atoms with Crippen molar-refractivity contribution in [2.75, 3.05) is 32.5 Å². The Kier molecular flexibility index (Phi) is 5.46. The lowest BCUT2D eigenvalue weighted by atomic mass is 9.88. The number of amidine groups is 1. The molecule has 30 heavy (non-hydrogen) atoms. The predicted octanol–water partition coefficient (Wildman–Crippen LogP) is 1.61. The van der Waals surface area contributed by atoms with Crippen molar-refractivity contribution < 1.29 is 22.7 Å². The number of carbonyl (C=O) groups excluding carboxylic acids is 2. The molecule has 1 aromatic carbocycles. The summed E-state index contributed by atoms with van der Waals surface area (Å²) in [5.41, 5.74) is 0.916. The molecule has 0 radical (unpaired) electrons. The SMILES string of the molecule is COc1ccc(C(=O)C2CCN(C(=O)C3=CC=CN4CCS(=O)(=O)N=C34)CC2)cc1. The highest BCUT2D eigenvalue weighted by Gasteiger charge is 2.34. The van der Waals surface area contributed by atoms with E-state index < -0.39 is 10.0 Å². The van der Waals surface area contributed by atoms with Gasteiger partial charge in [0.05, 0.1) is 18.4 Å². The van der Waals surface area contributed by atoms with Crippen LogP contribution >= 0.6 is 0 Å². The topological polar surface area (TPSA) is 96.4 Å². The monoisotopic (exact) mass is 429 g/mol. The van der Waals surface area contributed by atoms with E-state index in [2.05, 4.69) is 4.40 Å². The molecule has 4 rings (SSSR count). The molecule has 3 aliphatic heterocycles. The van der Waals surface area contributed by atoms with Gasteiger partial charge in [0.1, 0.15) is 5.75 Å². The second-order valence-corrected chi connectivity index (χ2v) is 9.23. The van der Waals surface area contributed by atoms with Gasteiger partial charge in [-0.25, -0.2) is 8.42 Å². The first-order chi connectivity index (χ1) is 14.4. The summed E-state index contributed by atoms with van der Waals surface area (Å²) in [4.78, 5) is 29.2. The fourth-order valence-corrected chi connectivity index (χ4v) is 4.87. The van der Waals surface area contributed by atoms with Gasteiger partial charge in [-0.1, -0.05) is 0 Å². The highest BCUT2D eigenvalue weighted by atomic mass is 32.2. The van der Waals surface area contributed by atoms with Crippen LogP contribution in [0.5, 0.6) is 5.75 Å². The number of methoxy groups -OCH3 is 1. The number of Topliss-reactive ketones (excluding diaryl/α,β-unsaturated/α-hetero) is 1. The van der Waals surface area contributed by atoms with Crippen molar-refractivity contribution in [3.8, 4) is 5.75 Å². The van der Waals surface area contributed by atoms with Gasteiger partial charge >= 0.3 is 0 Å². The Morgan fingerprint density at radius 1 is 1.10 bits per heavy atom. The minimum Gasteiger partial charge on any atom is -0.497 e. The Hall–Kier alpha value is -2.94. The van der Waals surface area contributed by atoms with E-state index in [1.54, 1.807) is 59.5 Å². The molecule has 8 nitrogen and oxygen atoms in total. The van der Waals surface area contributed by atoms with Crippen LogP contribution < -0.4 is 4.74 Å². The molecule has 0 spiro atoms. The van der Waals surface area contributed by atoms with Gasteiger partial charge in [0.25, 0.3) is 15.9 Å². The lowest BCUT2D eigenvalue weighted by Crippen LogP contribution is -2.46. The third kappa shape index (κ3) is 4.02. The van der Waals surface area contributed by atoms with E-state index in [9.17, 15) is 18.0 Å². The Morgan fingerprint density at radius 3 is 2.47 bits per heavy atom. The van der Waals surface area contributed by atoms with Crippen molar-refractivity contribution >= 4 is 27.5 Å². The summed E-state index contributed by atoms with van der Waals surface area (Å²) in [6.07, 6.45) is 6.18. The van der Waals surface area contributed by atoms with Crippen LogP contribution in [0.2, 0.25) is 0 Å². The summed E-state index contributed by atoms with van der Waals surface area (Å²) in [5.74, 6) is 0.482. The normalized spacial score (nSPS) is 20.8. The molecular formula is C21H23N3O5S. The number of ether oxygens (including phenoxy) is 1. The van der Waals surface area contributed by atoms with Crippen LogP contribution in [-0.4, -0.2) is 68.2 Å². The number of amides is 1. The number of nitrogens with zero attached hydrogens (tertiary/aromatic N) is 3. The van der Waals surface area contributed by atoms with Gasteiger partial charge in [-0.3, -0.25) is 9.59 Å². The van der Waals surface area contributed by atoms with Crippen molar-refractivity contribution in [3.63, 3.8) is 0 Å². The number of sulfonamides is 1. The first kappa shape index (κ1) is 20.3. The molecule has 1 aromatic rings. The van der Waals surface area contributed by atoms with E-state index in [4.69, 9.17) is 4.74 Å². The number of ketones is 1. The fourth-order valence-electron chi connectivity index (χ4n) is 3.89. The zero-order chi connectivity index (χ0) is 21.3. The smallest absolute Gasteiger partial charge is 0.257 e. The second-order valence-electron chi connectivity index (χ2n) is 7.48. The van der Waals surface area contributed by atoms with Gasteiger partial charge in [-0.2, -0.15) is 0 Å². The van der Waals surface area contributed by atoms with E-state index in [1.165, 1.54) is 0 Å². The molecule has 0 aliphatic carbocycles. The minimum absolute atomic E-state index is 0.0680. The highest BCUT2D eigenvalue weighted by Crippen LogP contribution is 2.26. The number of hydrogen-bond acceptors (Lipinski definition) is 6. The molecule has 9 heteroatoms. The van der Waals surface area contributed by atoms with Gasteiger partial charge in [0.2, 0.25) is 0 Å². The zero-order valence-corrected chi connectivity index (χ0v) is 17.5. The number of fused-ring (bicyclic) bond motifs is 1. The molecule has 1 amide bonds. The molecule has 3 aliphatic rings. The summed E-state index contributed by atoms with van der Waals surface area (Å²) in [7, 11) is -1.98. The molecule has 1 saturated heterocycles. The Labute approximate surface area is 175 Å². The summed E-state index contributed by atoms with van der Waals surface area (Å²) < 4.78 is 32.8. The fraction of sp³-hybridized carbons (Fsp3) is 0.381. The third-order valence-corrected chi connectivity index (χ3v) is 6.77. The molecule has 0 aromatic heterocycles. The third-order valence-electron chi connectivity index (χ3n) is 5.62. The quantitative estimate of drug-likeness (QED) is 0.675. The van der Waals surface area contributed by atoms with Crippen LogP contribution in [0.25, 0.3) is 0 Å². The van der Waals surface area contributed by atoms with Gasteiger partial charge in [0.15, 0.2) is 11.6 Å². The summed E-state index contributed by atoms with van der Waals surface area (Å²) in [6.45, 7) is 1.15. The number of carbonyl (C=O) groups is 2. The van der Waals surface area contributed by atoms with Crippen LogP contribution in [0.3, 0.4) is 0 Å². The highest BCUT2D eigenvalue weighted by molar-refractivity contribution is 7.90. The average molecular weight is 429 g/mol. The summed E-state index contributed by atoms with van der Waals surface area (Å²) in [5, 5.41) is 0. The first-order valence-electron chi connectivity index (χ1n) is 9.83. The zero-order valence-electron chi connectivity index (χ0n) is 16.7. The van der Waals surface area contributed by atoms with Crippen LogP contribution in [0.4, 0.5) is 0 Å². The molecule has 0 bridgehead atoms. The lowest BCUT2D eigenvalue weighted by Gasteiger charge is -2.34. The molecule has 0 unspecified atom stereocenters. The number of allylic oxidation sites excluding steroid dienone is 2. The van der Waals surface area contributed by atoms with E-state index in [-0.39, 0.29) is 41.3 Å². The first-order valence-corrected chi connectivity index (χ1v) is 11.4. The maximum atomic E-state index is 13.1. The number of piperidine rings is 1. The van der Waals surface area contributed by atoms with Gasteiger partial charge in [-0.15, -0.1) is 4.40 Å². The van der Waals surface area contributed by atoms with Crippen molar-refractivity contribution in [1.29, 1.82) is 0 Å². The maximum Gasteiger partial charge on any atom is 0.257 e. The van der Waals surface area contributed by atoms with Crippen molar-refractivity contribution in [3.05, 3.63) is 53.8 Å². The standard InChI is InChI=1S/C21H23N3O5S/c1-29-17-6-4-15(5-7-17)19(25)16-8-11-24(12-9-16)21(26)18-3-2-10-23-13-14-30(27,28)22-20(18)23/h2-7,10,16H,8-9,11-14H2,1H3. The average Bonchev–Trinajstić information content (AvgIpc) is 2.77. The number of benzene rings is 1. The molecule has 0 saturated carbocycles. The number of hydrogen-bond donors (Lipinski definition) is 0. The van der Waals surface area contributed by atoms with E-state index in [1.807, 2.05) is 0 Å². The van der Waals surface area contributed by atoms with Crippen molar-refractivity contribution in [1.82, 2.24) is 9.80 Å². The molecule has 1 fully saturated rings. The van der Waals surface area contributed by atoms with E-state index >= 15 is 0 Å². The van der Waals surface area contributed by atoms with E-state index in [0.717, 1.165) is 0 Å². The lowest BCUT2D eigenvalue weighted by molar-refractivity contribution is -0.127. The molecule has 0 atom stereocenters. The minimum atomic E-state index is -3.56. The molecular weight excluding hydrogens is 406 g/mol. The second kappa shape index (κ2) is 8.06. The Bertz CT molecular complexity index is 1050. The van der Waals surface area contributed by atoms with Crippen molar-refractivity contribution in [2.24, 2.45) is 10.3 Å². The summed E-state index contributed by atoms with van der Waals surface area (Å²) in [6, 6.07) is 7.04. The van der Waals surface area contributed by atoms with Crippen LogP contribution in [0.15, 0.2) is 52.6 Å². The molecule has 0 N–H and O–H groups in total. The van der Waals surface area contributed by atoms with Crippen LogP contribution in [0.1, 0.15) is 23.2 Å². The van der Waals surface area contributed by atoms with E-state index in [0.29, 0.717) is 37.2 Å². The van der Waals surface area contributed by atoms with Crippen molar-refractivity contribution in [2.45, 2.75) is 12.8 Å². The van der Waals surface area contributed by atoms with Gasteiger partial charge < -0.3 is 14.5 Å². The van der Waals surface area contributed by atoms with Gasteiger partial charge in [0, 0.05) is 37.3 Å². The molecule has 3 heterocycles. The Morgan fingerprint density at radius 2 is 1.80 bits per heavy atom. The molecule has 158 valence electrons. The number of rotatable bonds is 4. The predicted molar refractivity (Wildman–Crippen MR) is 112 cm³/mol. The number of likely N-dealkylation sites (tertiary alicyclic amines) is 1. The van der Waals surface area contributed by atoms with Crippen LogP contribution in [-0.2, 0) is 14.8 Å². The summed E-state index contributed by atoms with van der Waals surface area (Å²) >= 11 is 0. The van der Waals surface area contributed by atoms with Gasteiger partial charge in [-0.05, 0) is 49.3 Å². The largest absolute Gasteiger partial charge is 0.497 e.